The molecule has 0 aromatic heterocycles. The summed E-state index contributed by atoms with van der Waals surface area (Å²) >= 11 is 0. The van der Waals surface area contributed by atoms with Crippen LogP contribution in [0, 0.1) is 21.4 Å². The molecule has 0 unspecified atom stereocenters. The Morgan fingerprint density at radius 3 is 2.50 bits per heavy atom. The van der Waals surface area contributed by atoms with E-state index in [1.165, 1.54) is 24.3 Å². The van der Waals surface area contributed by atoms with Crippen LogP contribution in [0.1, 0.15) is 11.1 Å². The lowest BCUT2D eigenvalue weighted by molar-refractivity contribution is -0.384. The van der Waals surface area contributed by atoms with Crippen molar-refractivity contribution in [2.75, 3.05) is 5.32 Å². The maximum absolute atomic E-state index is 11.8. The molecule has 0 bridgehead atoms. The highest BCUT2D eigenvalue weighted by atomic mass is 16.6. The molecule has 0 aliphatic carbocycles. The molecule has 0 fully saturated rings. The molecule has 0 aliphatic heterocycles. The second-order valence-corrected chi connectivity index (χ2v) is 4.33. The number of non-ortho nitro benzene ring substituents is 1. The number of anilines is 1. The Morgan fingerprint density at radius 2 is 1.86 bits per heavy atom. The van der Waals surface area contributed by atoms with E-state index < -0.39 is 4.92 Å². The van der Waals surface area contributed by atoms with Crippen LogP contribution in [0.4, 0.5) is 11.4 Å². The number of hydrogen-bond acceptors (Lipinski definition) is 4. The van der Waals surface area contributed by atoms with Crippen LogP contribution in [0.5, 0.6) is 0 Å². The van der Waals surface area contributed by atoms with Crippen molar-refractivity contribution in [3.63, 3.8) is 0 Å². The molecule has 0 saturated heterocycles. The zero-order chi connectivity index (χ0) is 15.9. The molecule has 0 spiro atoms. The lowest BCUT2D eigenvalue weighted by atomic mass is 10.2. The topological polar surface area (TPSA) is 96.0 Å². The van der Waals surface area contributed by atoms with Gasteiger partial charge in [-0.3, -0.25) is 14.9 Å². The van der Waals surface area contributed by atoms with E-state index in [2.05, 4.69) is 5.32 Å². The number of hydrogen-bond donors (Lipinski definition) is 1. The quantitative estimate of drug-likeness (QED) is 0.532. The zero-order valence-electron chi connectivity index (χ0n) is 11.4. The van der Waals surface area contributed by atoms with E-state index in [0.29, 0.717) is 16.8 Å². The third-order valence-electron chi connectivity index (χ3n) is 2.84. The number of nitrogens with zero attached hydrogens (tertiary/aromatic N) is 2. The standard InChI is InChI=1S/C16H11N3O3/c17-11-13-3-1-2-4-15(13)18-16(20)10-7-12-5-8-14(9-6-12)19(21)22/h1-10H,(H,18,20)/b10-7+. The van der Waals surface area contributed by atoms with Gasteiger partial charge in [-0.15, -0.1) is 0 Å². The monoisotopic (exact) mass is 293 g/mol. The second kappa shape index (κ2) is 6.81. The number of carbonyl (C=O) groups is 1. The van der Waals surface area contributed by atoms with E-state index in [1.54, 1.807) is 36.4 Å². The van der Waals surface area contributed by atoms with Crippen molar-refractivity contribution in [3.05, 3.63) is 75.8 Å². The van der Waals surface area contributed by atoms with Crippen molar-refractivity contribution >= 4 is 23.4 Å². The normalized spacial score (nSPS) is 10.1. The summed E-state index contributed by atoms with van der Waals surface area (Å²) in [4.78, 5) is 21.9. The SMILES string of the molecule is N#Cc1ccccc1NC(=O)/C=C/c1ccc([N+](=O)[O-])cc1. The minimum Gasteiger partial charge on any atom is -0.321 e. The highest BCUT2D eigenvalue weighted by molar-refractivity contribution is 6.02. The van der Waals surface area contributed by atoms with E-state index in [9.17, 15) is 14.9 Å². The maximum Gasteiger partial charge on any atom is 0.269 e. The number of para-hydroxylation sites is 1. The smallest absolute Gasteiger partial charge is 0.269 e. The first kappa shape index (κ1) is 14.9. The summed E-state index contributed by atoms with van der Waals surface area (Å²) in [7, 11) is 0. The van der Waals surface area contributed by atoms with Gasteiger partial charge in [0.05, 0.1) is 16.2 Å². The number of benzene rings is 2. The molecular weight excluding hydrogens is 282 g/mol. The van der Waals surface area contributed by atoms with E-state index in [0.717, 1.165) is 0 Å². The van der Waals surface area contributed by atoms with Gasteiger partial charge in [0.1, 0.15) is 6.07 Å². The number of rotatable bonds is 4. The molecule has 2 aromatic rings. The van der Waals surface area contributed by atoms with E-state index in [-0.39, 0.29) is 11.6 Å². The Kier molecular flexibility index (Phi) is 4.63. The fourth-order valence-corrected chi connectivity index (χ4v) is 1.74. The summed E-state index contributed by atoms with van der Waals surface area (Å²) in [6, 6.07) is 14.5. The number of amides is 1. The Morgan fingerprint density at radius 1 is 1.18 bits per heavy atom. The molecule has 6 heteroatoms. The van der Waals surface area contributed by atoms with Crippen molar-refractivity contribution in [1.29, 1.82) is 5.26 Å². The largest absolute Gasteiger partial charge is 0.321 e. The van der Waals surface area contributed by atoms with Crippen LogP contribution in [0.25, 0.3) is 6.08 Å². The summed E-state index contributed by atoms with van der Waals surface area (Å²) in [6.45, 7) is 0. The fourth-order valence-electron chi connectivity index (χ4n) is 1.74. The third kappa shape index (κ3) is 3.77. The van der Waals surface area contributed by atoms with Crippen LogP contribution in [0.2, 0.25) is 0 Å². The predicted molar refractivity (Wildman–Crippen MR) is 81.9 cm³/mol. The average molecular weight is 293 g/mol. The van der Waals surface area contributed by atoms with Crippen molar-refractivity contribution in [1.82, 2.24) is 0 Å². The van der Waals surface area contributed by atoms with Crippen molar-refractivity contribution in [3.8, 4) is 6.07 Å². The molecule has 1 N–H and O–H groups in total. The summed E-state index contributed by atoms with van der Waals surface area (Å²) in [5, 5.41) is 22.1. The first-order chi connectivity index (χ1) is 10.6. The number of carbonyl (C=O) groups excluding carboxylic acids is 1. The molecule has 1 amide bonds. The molecular formula is C16H11N3O3. The molecule has 2 aromatic carbocycles. The molecule has 0 saturated carbocycles. The molecule has 0 aliphatic rings. The summed E-state index contributed by atoms with van der Waals surface area (Å²) in [5.41, 5.74) is 1.46. The van der Waals surface area contributed by atoms with Gasteiger partial charge in [0.2, 0.25) is 5.91 Å². The molecule has 108 valence electrons. The van der Waals surface area contributed by atoms with Gasteiger partial charge in [-0.25, -0.2) is 0 Å². The molecule has 22 heavy (non-hydrogen) atoms. The first-order valence-electron chi connectivity index (χ1n) is 6.33. The predicted octanol–water partition coefficient (Wildman–Crippen LogP) is 3.12. The fraction of sp³-hybridized carbons (Fsp3) is 0. The summed E-state index contributed by atoms with van der Waals surface area (Å²) < 4.78 is 0. The summed E-state index contributed by atoms with van der Waals surface area (Å²) in [6.07, 6.45) is 2.84. The first-order valence-corrected chi connectivity index (χ1v) is 6.33. The zero-order valence-corrected chi connectivity index (χ0v) is 11.4. The Labute approximate surface area is 126 Å². The minimum atomic E-state index is -0.487. The number of nitro benzene ring substituents is 1. The number of nitriles is 1. The van der Waals surface area contributed by atoms with Crippen LogP contribution >= 0.6 is 0 Å². The average Bonchev–Trinajstić information content (AvgIpc) is 2.54. The van der Waals surface area contributed by atoms with E-state index >= 15 is 0 Å². The Balaban J connectivity index is 2.05. The minimum absolute atomic E-state index is 0.00968. The number of nitro groups is 1. The van der Waals surface area contributed by atoms with Gasteiger partial charge < -0.3 is 5.32 Å². The third-order valence-corrected chi connectivity index (χ3v) is 2.84. The van der Waals surface area contributed by atoms with Gasteiger partial charge in [-0.2, -0.15) is 5.26 Å². The van der Waals surface area contributed by atoms with Crippen molar-refractivity contribution in [2.24, 2.45) is 0 Å². The Hall–Kier alpha value is -3.46. The second-order valence-electron chi connectivity index (χ2n) is 4.33. The molecule has 6 nitrogen and oxygen atoms in total. The molecule has 0 heterocycles. The van der Waals surface area contributed by atoms with Crippen molar-refractivity contribution in [2.45, 2.75) is 0 Å². The molecule has 0 radical (unpaired) electrons. The molecule has 2 rings (SSSR count). The Bertz CT molecular complexity index is 774. The van der Waals surface area contributed by atoms with Crippen LogP contribution < -0.4 is 5.32 Å². The van der Waals surface area contributed by atoms with Crippen LogP contribution in [-0.2, 0) is 4.79 Å². The van der Waals surface area contributed by atoms with Gasteiger partial charge in [-0.1, -0.05) is 12.1 Å². The van der Waals surface area contributed by atoms with Crippen LogP contribution in [0.3, 0.4) is 0 Å². The highest BCUT2D eigenvalue weighted by Gasteiger charge is 2.04. The highest BCUT2D eigenvalue weighted by Crippen LogP contribution is 2.15. The number of nitrogens with one attached hydrogen (secondary N) is 1. The van der Waals surface area contributed by atoms with Gasteiger partial charge in [0, 0.05) is 18.2 Å². The van der Waals surface area contributed by atoms with Gasteiger partial charge in [0.25, 0.3) is 5.69 Å². The van der Waals surface area contributed by atoms with Crippen molar-refractivity contribution < 1.29 is 9.72 Å². The van der Waals surface area contributed by atoms with Gasteiger partial charge in [-0.05, 0) is 35.9 Å². The van der Waals surface area contributed by atoms with Gasteiger partial charge in [0.15, 0.2) is 0 Å². The van der Waals surface area contributed by atoms with Gasteiger partial charge >= 0.3 is 0 Å². The van der Waals surface area contributed by atoms with E-state index in [1.807, 2.05) is 6.07 Å². The molecule has 0 atom stereocenters. The van der Waals surface area contributed by atoms with Crippen LogP contribution in [0.15, 0.2) is 54.6 Å². The lowest BCUT2D eigenvalue weighted by Crippen LogP contribution is -2.08. The van der Waals surface area contributed by atoms with Crippen LogP contribution in [-0.4, -0.2) is 10.8 Å². The summed E-state index contributed by atoms with van der Waals surface area (Å²) in [5.74, 6) is -0.388. The van der Waals surface area contributed by atoms with E-state index in [4.69, 9.17) is 5.26 Å². The maximum atomic E-state index is 11.8. The lowest BCUT2D eigenvalue weighted by Gasteiger charge is -2.03.